The molecule has 1 N–H and O–H groups in total. The molecule has 0 spiro atoms. The molecule has 2 saturated heterocycles. The molecule has 0 aromatic carbocycles. The third kappa shape index (κ3) is 3.31. The van der Waals surface area contributed by atoms with Crippen LogP contribution in [0.3, 0.4) is 0 Å². The van der Waals surface area contributed by atoms with E-state index in [1.165, 1.54) is 0 Å². The monoisotopic (exact) mass is 287 g/mol. The van der Waals surface area contributed by atoms with E-state index >= 15 is 0 Å². The second-order valence-corrected chi connectivity index (χ2v) is 8.26. The molecule has 4 nitrogen and oxygen atoms in total. The summed E-state index contributed by atoms with van der Waals surface area (Å²) in [5.74, 6) is 0.308. The highest BCUT2D eigenvalue weighted by Gasteiger charge is 2.43. The van der Waals surface area contributed by atoms with Gasteiger partial charge in [0.05, 0.1) is 5.75 Å². The Labute approximate surface area is 117 Å². The number of likely N-dealkylation sites (tertiary alicyclic amines) is 1. The van der Waals surface area contributed by atoms with Crippen LogP contribution in [0.4, 0.5) is 0 Å². The fourth-order valence-corrected chi connectivity index (χ4v) is 5.50. The lowest BCUT2D eigenvalue weighted by Gasteiger charge is -2.49. The van der Waals surface area contributed by atoms with Crippen LogP contribution in [0.5, 0.6) is 0 Å². The Morgan fingerprint density at radius 3 is 2.63 bits per heavy atom. The summed E-state index contributed by atoms with van der Waals surface area (Å²) in [4.78, 5) is 2.21. The van der Waals surface area contributed by atoms with Crippen molar-refractivity contribution in [1.29, 1.82) is 0 Å². The molecule has 2 aliphatic rings. The standard InChI is InChI=1S/C14H27N2O2S/c1-3-12-19(17,18)13-6-4-5-11-16(13)14(2)7-9-15-10-8-14/h13,15H,2-12H2,1H3/t13-/m1/s1. The first-order valence-electron chi connectivity index (χ1n) is 7.54. The van der Waals surface area contributed by atoms with Gasteiger partial charge < -0.3 is 5.32 Å². The summed E-state index contributed by atoms with van der Waals surface area (Å²) >= 11 is 0. The smallest absolute Gasteiger partial charge is 0.166 e. The largest absolute Gasteiger partial charge is 0.317 e. The highest BCUT2D eigenvalue weighted by atomic mass is 32.2. The van der Waals surface area contributed by atoms with Crippen LogP contribution in [0.15, 0.2) is 0 Å². The molecule has 0 aromatic heterocycles. The second kappa shape index (κ2) is 6.10. The Hall–Kier alpha value is -0.130. The Morgan fingerprint density at radius 1 is 1.32 bits per heavy atom. The van der Waals surface area contributed by atoms with Gasteiger partial charge in [-0.05, 0) is 65.1 Å². The number of hydrogen-bond acceptors (Lipinski definition) is 4. The van der Waals surface area contributed by atoms with E-state index in [0.29, 0.717) is 12.2 Å². The minimum Gasteiger partial charge on any atom is -0.317 e. The summed E-state index contributed by atoms with van der Waals surface area (Å²) in [5.41, 5.74) is -0.183. The zero-order chi connectivity index (χ0) is 13.9. The van der Waals surface area contributed by atoms with E-state index in [4.69, 9.17) is 0 Å². The van der Waals surface area contributed by atoms with E-state index in [1.807, 2.05) is 6.92 Å². The number of nitrogens with zero attached hydrogens (tertiary/aromatic N) is 1. The third-order valence-corrected chi connectivity index (χ3v) is 6.79. The molecule has 0 aromatic rings. The lowest BCUT2D eigenvalue weighted by molar-refractivity contribution is 0.0570. The van der Waals surface area contributed by atoms with Crippen molar-refractivity contribution in [3.63, 3.8) is 0 Å². The van der Waals surface area contributed by atoms with Gasteiger partial charge in [0, 0.05) is 5.54 Å². The number of piperidine rings is 2. The zero-order valence-corrected chi connectivity index (χ0v) is 12.8. The van der Waals surface area contributed by atoms with Gasteiger partial charge in [0.1, 0.15) is 5.37 Å². The summed E-state index contributed by atoms with van der Waals surface area (Å²) in [6.45, 7) is 9.11. The van der Waals surface area contributed by atoms with Crippen molar-refractivity contribution in [2.75, 3.05) is 25.4 Å². The first kappa shape index (κ1) is 15.3. The van der Waals surface area contributed by atoms with Crippen molar-refractivity contribution in [1.82, 2.24) is 10.2 Å². The van der Waals surface area contributed by atoms with E-state index in [1.54, 1.807) is 0 Å². The predicted molar refractivity (Wildman–Crippen MR) is 78.6 cm³/mol. The molecule has 111 valence electrons. The van der Waals surface area contributed by atoms with Crippen LogP contribution in [0.1, 0.15) is 45.4 Å². The van der Waals surface area contributed by atoms with Gasteiger partial charge in [-0.3, -0.25) is 4.90 Å². The molecule has 2 aliphatic heterocycles. The van der Waals surface area contributed by atoms with E-state index in [-0.39, 0.29) is 10.9 Å². The second-order valence-electron chi connectivity index (χ2n) is 5.99. The molecule has 0 unspecified atom stereocenters. The summed E-state index contributed by atoms with van der Waals surface area (Å²) < 4.78 is 25.0. The van der Waals surface area contributed by atoms with Crippen LogP contribution in [-0.4, -0.2) is 49.6 Å². The van der Waals surface area contributed by atoms with E-state index in [2.05, 4.69) is 17.1 Å². The van der Waals surface area contributed by atoms with E-state index in [0.717, 1.165) is 51.7 Å². The Bertz CT molecular complexity index is 388. The highest BCUT2D eigenvalue weighted by molar-refractivity contribution is 7.91. The van der Waals surface area contributed by atoms with Crippen molar-refractivity contribution in [2.24, 2.45) is 0 Å². The van der Waals surface area contributed by atoms with Gasteiger partial charge in [-0.25, -0.2) is 8.42 Å². The van der Waals surface area contributed by atoms with Gasteiger partial charge in [-0.2, -0.15) is 0 Å². The van der Waals surface area contributed by atoms with Gasteiger partial charge in [0.15, 0.2) is 9.84 Å². The molecule has 2 fully saturated rings. The molecular formula is C14H27N2O2S. The van der Waals surface area contributed by atoms with Gasteiger partial charge in [-0.15, -0.1) is 0 Å². The molecule has 19 heavy (non-hydrogen) atoms. The molecular weight excluding hydrogens is 260 g/mol. The Kier molecular flexibility index (Phi) is 4.90. The van der Waals surface area contributed by atoms with Crippen LogP contribution >= 0.6 is 0 Å². The van der Waals surface area contributed by atoms with Crippen molar-refractivity contribution in [2.45, 2.75) is 56.4 Å². The normalized spacial score (nSPS) is 29.3. The minimum absolute atomic E-state index is 0.183. The van der Waals surface area contributed by atoms with Gasteiger partial charge >= 0.3 is 0 Å². The van der Waals surface area contributed by atoms with Crippen LogP contribution in [0, 0.1) is 6.92 Å². The predicted octanol–water partition coefficient (Wildman–Crippen LogP) is 1.58. The summed E-state index contributed by atoms with van der Waals surface area (Å²) in [6, 6.07) is 0. The van der Waals surface area contributed by atoms with Crippen molar-refractivity contribution < 1.29 is 8.42 Å². The summed E-state index contributed by atoms with van der Waals surface area (Å²) in [7, 11) is -3.00. The van der Waals surface area contributed by atoms with Crippen LogP contribution in [-0.2, 0) is 9.84 Å². The lowest BCUT2D eigenvalue weighted by Crippen LogP contribution is -2.60. The van der Waals surface area contributed by atoms with Crippen molar-refractivity contribution in [3.8, 4) is 0 Å². The molecule has 5 heteroatoms. The molecule has 1 radical (unpaired) electrons. The Balaban J connectivity index is 2.20. The first-order chi connectivity index (χ1) is 8.99. The SMILES string of the molecule is [CH2]C1(N2CCCC[C@H]2S(=O)(=O)CCC)CCNCC1. The van der Waals surface area contributed by atoms with Gasteiger partial charge in [-0.1, -0.05) is 6.92 Å². The summed E-state index contributed by atoms with van der Waals surface area (Å²) in [6.07, 6.45) is 5.52. The molecule has 2 rings (SSSR count). The molecule has 2 heterocycles. The number of hydrogen-bond donors (Lipinski definition) is 1. The number of sulfone groups is 1. The third-order valence-electron chi connectivity index (χ3n) is 4.49. The lowest BCUT2D eigenvalue weighted by atomic mass is 9.87. The molecule has 1 atom stereocenters. The van der Waals surface area contributed by atoms with Crippen LogP contribution in [0.25, 0.3) is 0 Å². The maximum Gasteiger partial charge on any atom is 0.166 e. The quantitative estimate of drug-likeness (QED) is 0.853. The first-order valence-corrected chi connectivity index (χ1v) is 9.25. The number of nitrogens with one attached hydrogen (secondary N) is 1. The number of rotatable bonds is 4. The van der Waals surface area contributed by atoms with Gasteiger partial charge in [0.2, 0.25) is 0 Å². The molecule has 0 bridgehead atoms. The summed E-state index contributed by atoms with van der Waals surface area (Å²) in [5, 5.41) is 3.05. The highest BCUT2D eigenvalue weighted by Crippen LogP contribution is 2.34. The topological polar surface area (TPSA) is 49.4 Å². The van der Waals surface area contributed by atoms with Gasteiger partial charge in [0.25, 0.3) is 0 Å². The average Bonchev–Trinajstić information content (AvgIpc) is 2.40. The zero-order valence-electron chi connectivity index (χ0n) is 12.0. The van der Waals surface area contributed by atoms with E-state index in [9.17, 15) is 8.42 Å². The average molecular weight is 287 g/mol. The van der Waals surface area contributed by atoms with Crippen LogP contribution in [0.2, 0.25) is 0 Å². The minimum atomic E-state index is -3.00. The fraction of sp³-hybridized carbons (Fsp3) is 0.929. The van der Waals surface area contributed by atoms with Crippen molar-refractivity contribution in [3.05, 3.63) is 6.92 Å². The molecule has 0 aliphatic carbocycles. The maximum absolute atomic E-state index is 12.5. The molecule has 0 saturated carbocycles. The fourth-order valence-electron chi connectivity index (χ4n) is 3.42. The molecule has 0 amide bonds. The maximum atomic E-state index is 12.5. The van der Waals surface area contributed by atoms with Crippen molar-refractivity contribution >= 4 is 9.84 Å². The van der Waals surface area contributed by atoms with E-state index < -0.39 is 9.84 Å². The van der Waals surface area contributed by atoms with Crippen LogP contribution < -0.4 is 5.32 Å². The Morgan fingerprint density at radius 2 is 2.00 bits per heavy atom.